The van der Waals surface area contributed by atoms with E-state index in [9.17, 15) is 4.79 Å². The van der Waals surface area contributed by atoms with Crippen LogP contribution in [0.15, 0.2) is 42.5 Å². The van der Waals surface area contributed by atoms with Crippen molar-refractivity contribution in [1.29, 1.82) is 0 Å². The third-order valence-electron chi connectivity index (χ3n) is 5.01. The number of hydrogen-bond acceptors (Lipinski definition) is 2. The van der Waals surface area contributed by atoms with Crippen molar-refractivity contribution in [2.45, 2.75) is 40.2 Å². The highest BCUT2D eigenvalue weighted by Crippen LogP contribution is 2.27. The number of hydrogen-bond donors (Lipinski definition) is 2. The lowest BCUT2D eigenvalue weighted by atomic mass is 9.98. The number of nitrogens with zero attached hydrogens (tertiary/aromatic N) is 1. The number of rotatable bonds is 8. The van der Waals surface area contributed by atoms with Gasteiger partial charge in [0.25, 0.3) is 5.91 Å². The lowest BCUT2D eigenvalue weighted by molar-refractivity contribution is -0.903. The number of likely N-dealkylation sites (N-methyl/N-ethyl adjacent to an activating group) is 1. The molecule has 0 radical (unpaired) electrons. The van der Waals surface area contributed by atoms with Gasteiger partial charge in [0.1, 0.15) is 6.54 Å². The van der Waals surface area contributed by atoms with Gasteiger partial charge in [0.05, 0.1) is 6.54 Å². The van der Waals surface area contributed by atoms with Crippen LogP contribution in [0.25, 0.3) is 0 Å². The van der Waals surface area contributed by atoms with Crippen LogP contribution in [0.4, 0.5) is 11.4 Å². The second-order valence-corrected chi connectivity index (χ2v) is 7.76. The summed E-state index contributed by atoms with van der Waals surface area (Å²) in [7, 11) is 4.08. The molecule has 1 unspecified atom stereocenters. The first-order chi connectivity index (χ1) is 12.8. The zero-order chi connectivity index (χ0) is 20.0. The molecule has 0 spiro atoms. The Morgan fingerprint density at radius 1 is 1.11 bits per heavy atom. The molecule has 1 amide bonds. The molecule has 0 aliphatic heterocycles. The fraction of sp³-hybridized carbons (Fsp3) is 0.435. The maximum Gasteiger partial charge on any atom is 0.279 e. The molecule has 0 saturated heterocycles. The van der Waals surface area contributed by atoms with Gasteiger partial charge in [-0.15, -0.1) is 0 Å². The zero-order valence-electron chi connectivity index (χ0n) is 17.6. The van der Waals surface area contributed by atoms with Crippen molar-refractivity contribution in [1.82, 2.24) is 0 Å². The number of amides is 1. The van der Waals surface area contributed by atoms with E-state index in [1.165, 1.54) is 21.7 Å². The fourth-order valence-electron chi connectivity index (χ4n) is 3.27. The average Bonchev–Trinajstić information content (AvgIpc) is 2.63. The summed E-state index contributed by atoms with van der Waals surface area (Å²) in [6.45, 7) is 10.7. The molecule has 1 atom stereocenters. The average molecular weight is 369 g/mol. The van der Waals surface area contributed by atoms with Gasteiger partial charge in [-0.2, -0.15) is 0 Å². The minimum atomic E-state index is 0.0768. The molecule has 2 aromatic carbocycles. The Labute approximate surface area is 164 Å². The van der Waals surface area contributed by atoms with E-state index in [1.54, 1.807) is 0 Å². The number of nitrogens with one attached hydrogen (secondary N) is 2. The molecule has 0 heterocycles. The van der Waals surface area contributed by atoms with E-state index in [2.05, 4.69) is 80.4 Å². The molecule has 0 aromatic heterocycles. The standard InChI is InChI=1S/C23H33N3O/c1-7-26(15-19-11-13-20(14-12-19)25(5)6)16-22(27)24-23-18(4)9-8-10-21(23)17(2)3/h8-14,17H,7,15-16H2,1-6H3,(H,24,27)/p+1. The molecule has 2 aromatic rings. The summed E-state index contributed by atoms with van der Waals surface area (Å²) >= 11 is 0. The number of carbonyl (C=O) groups is 1. The Hall–Kier alpha value is -2.33. The molecule has 2 N–H and O–H groups in total. The van der Waals surface area contributed by atoms with E-state index in [4.69, 9.17) is 0 Å². The summed E-state index contributed by atoms with van der Waals surface area (Å²) in [6, 6.07) is 14.8. The molecule has 4 heteroatoms. The van der Waals surface area contributed by atoms with Crippen molar-refractivity contribution in [3.05, 3.63) is 59.2 Å². The summed E-state index contributed by atoms with van der Waals surface area (Å²) in [5.74, 6) is 0.456. The molecule has 0 aliphatic rings. The maximum atomic E-state index is 12.7. The summed E-state index contributed by atoms with van der Waals surface area (Å²) < 4.78 is 0. The molecular weight excluding hydrogens is 334 g/mol. The topological polar surface area (TPSA) is 36.8 Å². The largest absolute Gasteiger partial charge is 0.378 e. The molecule has 4 nitrogen and oxygen atoms in total. The van der Waals surface area contributed by atoms with E-state index >= 15 is 0 Å². The van der Waals surface area contributed by atoms with E-state index in [-0.39, 0.29) is 5.91 Å². The lowest BCUT2D eigenvalue weighted by Crippen LogP contribution is -3.11. The van der Waals surface area contributed by atoms with Crippen molar-refractivity contribution in [2.24, 2.45) is 0 Å². The Kier molecular flexibility index (Phi) is 7.43. The molecular formula is C23H34N3O+. The van der Waals surface area contributed by atoms with Gasteiger partial charge in [0.15, 0.2) is 6.54 Å². The van der Waals surface area contributed by atoms with E-state index in [0.717, 1.165) is 24.3 Å². The molecule has 27 heavy (non-hydrogen) atoms. The Morgan fingerprint density at radius 2 is 1.78 bits per heavy atom. The monoisotopic (exact) mass is 368 g/mol. The number of anilines is 2. The van der Waals surface area contributed by atoms with Crippen LogP contribution in [-0.4, -0.2) is 33.1 Å². The van der Waals surface area contributed by atoms with E-state index in [1.807, 2.05) is 14.1 Å². The molecule has 0 fully saturated rings. The van der Waals surface area contributed by atoms with Gasteiger partial charge in [0, 0.05) is 31.0 Å². The molecule has 0 bridgehead atoms. The van der Waals surface area contributed by atoms with Gasteiger partial charge in [-0.1, -0.05) is 44.2 Å². The van der Waals surface area contributed by atoms with Gasteiger partial charge in [-0.25, -0.2) is 0 Å². The van der Waals surface area contributed by atoms with E-state index < -0.39 is 0 Å². The van der Waals surface area contributed by atoms with Crippen LogP contribution in [0.3, 0.4) is 0 Å². The van der Waals surface area contributed by atoms with Crippen molar-refractivity contribution >= 4 is 17.3 Å². The van der Waals surface area contributed by atoms with Crippen LogP contribution < -0.4 is 15.1 Å². The highest BCUT2D eigenvalue weighted by Gasteiger charge is 2.17. The Morgan fingerprint density at radius 3 is 2.33 bits per heavy atom. The van der Waals surface area contributed by atoms with Crippen molar-refractivity contribution in [3.8, 4) is 0 Å². The molecule has 2 rings (SSSR count). The smallest absolute Gasteiger partial charge is 0.279 e. The van der Waals surface area contributed by atoms with Gasteiger partial charge in [-0.05, 0) is 43.0 Å². The predicted octanol–water partition coefficient (Wildman–Crippen LogP) is 3.23. The highest BCUT2D eigenvalue weighted by molar-refractivity contribution is 5.93. The first kappa shape index (κ1) is 21.0. The first-order valence-electron chi connectivity index (χ1n) is 9.81. The summed E-state index contributed by atoms with van der Waals surface area (Å²) in [4.78, 5) is 16.1. The zero-order valence-corrected chi connectivity index (χ0v) is 17.6. The third-order valence-corrected chi connectivity index (χ3v) is 5.01. The quantitative estimate of drug-likeness (QED) is 0.751. The number of quaternary nitrogens is 1. The van der Waals surface area contributed by atoms with Crippen LogP contribution in [0.2, 0.25) is 0 Å². The van der Waals surface area contributed by atoms with Gasteiger partial charge >= 0.3 is 0 Å². The molecule has 0 saturated carbocycles. The third kappa shape index (κ3) is 5.83. The number of para-hydroxylation sites is 1. The van der Waals surface area contributed by atoms with Crippen LogP contribution >= 0.6 is 0 Å². The van der Waals surface area contributed by atoms with Gasteiger partial charge in [-0.3, -0.25) is 4.79 Å². The van der Waals surface area contributed by atoms with Crippen molar-refractivity contribution in [3.63, 3.8) is 0 Å². The number of carbonyl (C=O) groups excluding carboxylic acids is 1. The van der Waals surface area contributed by atoms with Crippen LogP contribution in [-0.2, 0) is 11.3 Å². The molecule has 146 valence electrons. The van der Waals surface area contributed by atoms with E-state index in [0.29, 0.717) is 12.5 Å². The minimum absolute atomic E-state index is 0.0768. The van der Waals surface area contributed by atoms with Gasteiger partial charge < -0.3 is 15.1 Å². The van der Waals surface area contributed by atoms with Crippen LogP contribution in [0.5, 0.6) is 0 Å². The lowest BCUT2D eigenvalue weighted by Gasteiger charge is -2.20. The normalized spacial score (nSPS) is 12.1. The van der Waals surface area contributed by atoms with Crippen molar-refractivity contribution < 1.29 is 9.69 Å². The fourth-order valence-corrected chi connectivity index (χ4v) is 3.27. The number of benzene rings is 2. The predicted molar refractivity (Wildman–Crippen MR) is 115 cm³/mol. The second kappa shape index (κ2) is 9.56. The Bertz CT molecular complexity index is 751. The molecule has 0 aliphatic carbocycles. The van der Waals surface area contributed by atoms with Crippen molar-refractivity contribution in [2.75, 3.05) is 37.4 Å². The summed E-state index contributed by atoms with van der Waals surface area (Å²) in [5, 5.41) is 3.17. The SMILES string of the molecule is CC[NH+](CC(=O)Nc1c(C)cccc1C(C)C)Cc1ccc(N(C)C)cc1. The highest BCUT2D eigenvalue weighted by atomic mass is 16.2. The first-order valence-corrected chi connectivity index (χ1v) is 9.81. The Balaban J connectivity index is 2.03. The van der Waals surface area contributed by atoms with Crippen LogP contribution in [0, 0.1) is 6.92 Å². The maximum absolute atomic E-state index is 12.7. The summed E-state index contributed by atoms with van der Waals surface area (Å²) in [6.07, 6.45) is 0. The minimum Gasteiger partial charge on any atom is -0.378 e. The van der Waals surface area contributed by atoms with Crippen LogP contribution in [0.1, 0.15) is 43.4 Å². The number of aryl methyl sites for hydroxylation is 1. The second-order valence-electron chi connectivity index (χ2n) is 7.76. The summed E-state index contributed by atoms with van der Waals surface area (Å²) in [5.41, 5.74) is 5.73. The van der Waals surface area contributed by atoms with Gasteiger partial charge in [0.2, 0.25) is 0 Å².